The van der Waals surface area contributed by atoms with Crippen LogP contribution in [0.15, 0.2) is 30.3 Å². The van der Waals surface area contributed by atoms with E-state index in [1.807, 2.05) is 19.9 Å². The van der Waals surface area contributed by atoms with Crippen LogP contribution < -0.4 is 0 Å². The van der Waals surface area contributed by atoms with E-state index in [0.29, 0.717) is 16.9 Å². The van der Waals surface area contributed by atoms with Crippen molar-refractivity contribution in [3.05, 3.63) is 58.7 Å². The number of benzene rings is 1. The van der Waals surface area contributed by atoms with Gasteiger partial charge in [-0.3, -0.25) is 0 Å². The molecular weight excluding hydrogens is 324 g/mol. The molecule has 0 bridgehead atoms. The molecule has 0 amide bonds. The molecule has 0 N–H and O–H groups in total. The van der Waals surface area contributed by atoms with Gasteiger partial charge in [0, 0.05) is 11.4 Å². The highest BCUT2D eigenvalue weighted by molar-refractivity contribution is 5.89. The van der Waals surface area contributed by atoms with Crippen LogP contribution >= 0.6 is 0 Å². The van der Waals surface area contributed by atoms with Crippen molar-refractivity contribution >= 4 is 17.7 Å². The lowest BCUT2D eigenvalue weighted by atomic mass is 10.1. The van der Waals surface area contributed by atoms with E-state index in [2.05, 4.69) is 19.8 Å². The maximum absolute atomic E-state index is 12.2. The quantitative estimate of drug-likeness (QED) is 0.669. The molecule has 0 saturated heterocycles. The largest absolute Gasteiger partial charge is 0.465 e. The van der Waals surface area contributed by atoms with Crippen molar-refractivity contribution in [1.82, 2.24) is 19.6 Å². The van der Waals surface area contributed by atoms with E-state index in [-0.39, 0.29) is 12.4 Å². The van der Waals surface area contributed by atoms with Gasteiger partial charge in [0.25, 0.3) is 11.6 Å². The van der Waals surface area contributed by atoms with E-state index in [9.17, 15) is 9.59 Å². The van der Waals surface area contributed by atoms with Crippen molar-refractivity contribution in [2.75, 3.05) is 7.11 Å². The molecule has 3 aromatic rings. The van der Waals surface area contributed by atoms with Gasteiger partial charge < -0.3 is 9.47 Å². The maximum atomic E-state index is 12.2. The summed E-state index contributed by atoms with van der Waals surface area (Å²) in [7, 11) is 1.31. The van der Waals surface area contributed by atoms with E-state index in [0.717, 1.165) is 11.4 Å². The van der Waals surface area contributed by atoms with Gasteiger partial charge in [0.1, 0.15) is 6.61 Å². The number of carbonyl (C=O) groups excluding carboxylic acids is 2. The number of aryl methyl sites for hydroxylation is 2. The molecule has 8 heteroatoms. The number of hydrogen-bond acceptors (Lipinski definition) is 7. The number of ether oxygens (including phenoxy) is 2. The normalized spacial score (nSPS) is 10.7. The zero-order valence-electron chi connectivity index (χ0n) is 14.0. The van der Waals surface area contributed by atoms with Crippen LogP contribution in [0.4, 0.5) is 0 Å². The van der Waals surface area contributed by atoms with Crippen LogP contribution in [0.5, 0.6) is 0 Å². The topological polar surface area (TPSA) is 95.7 Å². The molecule has 0 aliphatic rings. The highest BCUT2D eigenvalue weighted by Crippen LogP contribution is 2.10. The molecule has 8 nitrogen and oxygen atoms in total. The number of fused-ring (bicyclic) bond motifs is 1. The lowest BCUT2D eigenvalue weighted by molar-refractivity contribution is 0.0458. The highest BCUT2D eigenvalue weighted by Gasteiger charge is 2.17. The number of rotatable bonds is 4. The lowest BCUT2D eigenvalue weighted by Crippen LogP contribution is -2.08. The SMILES string of the molecule is COC(=O)c1cccc(COC(=O)c2nc3nc(C)cc(C)n3n2)c1. The monoisotopic (exact) mass is 340 g/mol. The summed E-state index contributed by atoms with van der Waals surface area (Å²) < 4.78 is 11.4. The molecule has 25 heavy (non-hydrogen) atoms. The fourth-order valence-corrected chi connectivity index (χ4v) is 2.37. The second-order valence-corrected chi connectivity index (χ2v) is 5.45. The first-order valence-electron chi connectivity index (χ1n) is 7.53. The van der Waals surface area contributed by atoms with Gasteiger partial charge in [0.15, 0.2) is 0 Å². The minimum absolute atomic E-state index is 0.00927. The fourth-order valence-electron chi connectivity index (χ4n) is 2.37. The van der Waals surface area contributed by atoms with Gasteiger partial charge in [-0.25, -0.2) is 19.1 Å². The molecule has 0 aliphatic heterocycles. The number of hydrogen-bond donors (Lipinski definition) is 0. The van der Waals surface area contributed by atoms with E-state index in [1.54, 1.807) is 24.3 Å². The zero-order valence-corrected chi connectivity index (χ0v) is 14.0. The first-order valence-corrected chi connectivity index (χ1v) is 7.53. The van der Waals surface area contributed by atoms with Gasteiger partial charge in [-0.15, -0.1) is 5.10 Å². The molecule has 3 rings (SSSR count). The average Bonchev–Trinajstić information content (AvgIpc) is 3.03. The second-order valence-electron chi connectivity index (χ2n) is 5.45. The first kappa shape index (κ1) is 16.6. The number of carbonyl (C=O) groups is 2. The van der Waals surface area contributed by atoms with Gasteiger partial charge in [0.05, 0.1) is 12.7 Å². The zero-order chi connectivity index (χ0) is 18.0. The highest BCUT2D eigenvalue weighted by atomic mass is 16.5. The van der Waals surface area contributed by atoms with Crippen LogP contribution in [0, 0.1) is 13.8 Å². The van der Waals surface area contributed by atoms with Gasteiger partial charge in [-0.2, -0.15) is 4.98 Å². The summed E-state index contributed by atoms with van der Waals surface area (Å²) in [6.07, 6.45) is 0. The molecule has 0 unspecified atom stereocenters. The Labute approximate surface area is 143 Å². The number of nitrogens with zero attached hydrogens (tertiary/aromatic N) is 4. The van der Waals surface area contributed by atoms with Crippen LogP contribution in [-0.4, -0.2) is 38.6 Å². The molecule has 0 radical (unpaired) electrons. The molecule has 0 atom stereocenters. The summed E-state index contributed by atoms with van der Waals surface area (Å²) in [5.74, 6) is -0.833. The average molecular weight is 340 g/mol. The molecule has 0 fully saturated rings. The smallest absolute Gasteiger partial charge is 0.378 e. The third kappa shape index (κ3) is 3.47. The summed E-state index contributed by atoms with van der Waals surface area (Å²) in [5, 5.41) is 4.12. The van der Waals surface area contributed by atoms with E-state index >= 15 is 0 Å². The predicted molar refractivity (Wildman–Crippen MR) is 87.2 cm³/mol. The first-order chi connectivity index (χ1) is 12.0. The van der Waals surface area contributed by atoms with Crippen molar-refractivity contribution < 1.29 is 19.1 Å². The lowest BCUT2D eigenvalue weighted by Gasteiger charge is -2.04. The molecule has 0 aliphatic carbocycles. The number of methoxy groups -OCH3 is 1. The predicted octanol–water partition coefficient (Wildman–Crippen LogP) is 1.88. The summed E-state index contributed by atoms with van der Waals surface area (Å²) in [5.41, 5.74) is 2.65. The molecule has 0 saturated carbocycles. The van der Waals surface area contributed by atoms with E-state index < -0.39 is 11.9 Å². The Morgan fingerprint density at radius 3 is 2.68 bits per heavy atom. The third-order valence-electron chi connectivity index (χ3n) is 3.52. The number of esters is 2. The Hall–Kier alpha value is -3.29. The minimum atomic E-state index is -0.661. The summed E-state index contributed by atoms with van der Waals surface area (Å²) in [6.45, 7) is 3.68. The van der Waals surface area contributed by atoms with Crippen molar-refractivity contribution in [2.45, 2.75) is 20.5 Å². The van der Waals surface area contributed by atoms with Gasteiger partial charge in [0.2, 0.25) is 0 Å². The Bertz CT molecular complexity index is 964. The van der Waals surface area contributed by atoms with Crippen LogP contribution in [0.2, 0.25) is 0 Å². The standard InChI is InChI=1S/C17H16N4O4/c1-10-7-11(2)21-17(18-10)19-14(20-21)16(23)25-9-12-5-4-6-13(8-12)15(22)24-3/h4-8H,9H2,1-3H3. The van der Waals surface area contributed by atoms with Crippen LogP contribution in [0.1, 0.15) is 37.9 Å². The molecule has 2 heterocycles. The van der Waals surface area contributed by atoms with Crippen molar-refractivity contribution in [1.29, 1.82) is 0 Å². The van der Waals surface area contributed by atoms with Gasteiger partial charge >= 0.3 is 11.9 Å². The van der Waals surface area contributed by atoms with Crippen molar-refractivity contribution in [3.63, 3.8) is 0 Å². The summed E-state index contributed by atoms with van der Waals surface area (Å²) in [6, 6.07) is 8.50. The molecule has 2 aromatic heterocycles. The third-order valence-corrected chi connectivity index (χ3v) is 3.52. The Kier molecular flexibility index (Phi) is 4.42. The van der Waals surface area contributed by atoms with Gasteiger partial charge in [-0.05, 0) is 37.6 Å². The molecule has 1 aromatic carbocycles. The Balaban J connectivity index is 1.75. The van der Waals surface area contributed by atoms with Crippen molar-refractivity contribution in [3.8, 4) is 0 Å². The van der Waals surface area contributed by atoms with E-state index in [4.69, 9.17) is 4.74 Å². The van der Waals surface area contributed by atoms with Crippen LogP contribution in [-0.2, 0) is 16.1 Å². The van der Waals surface area contributed by atoms with Crippen LogP contribution in [0.25, 0.3) is 5.78 Å². The van der Waals surface area contributed by atoms with Crippen LogP contribution in [0.3, 0.4) is 0 Å². The molecule has 128 valence electrons. The van der Waals surface area contributed by atoms with Crippen molar-refractivity contribution in [2.24, 2.45) is 0 Å². The maximum Gasteiger partial charge on any atom is 0.378 e. The summed E-state index contributed by atoms with van der Waals surface area (Å²) in [4.78, 5) is 32.0. The minimum Gasteiger partial charge on any atom is -0.465 e. The summed E-state index contributed by atoms with van der Waals surface area (Å²) >= 11 is 0. The molecule has 0 spiro atoms. The van der Waals surface area contributed by atoms with Gasteiger partial charge in [-0.1, -0.05) is 12.1 Å². The molecular formula is C17H16N4O4. The Morgan fingerprint density at radius 2 is 1.92 bits per heavy atom. The number of aromatic nitrogens is 4. The van der Waals surface area contributed by atoms with E-state index in [1.165, 1.54) is 11.6 Å². The second kappa shape index (κ2) is 6.68. The fraction of sp³-hybridized carbons (Fsp3) is 0.235. The Morgan fingerprint density at radius 1 is 1.12 bits per heavy atom.